The lowest BCUT2D eigenvalue weighted by atomic mass is 9.46. The molecule has 0 aromatic heterocycles. The summed E-state index contributed by atoms with van der Waals surface area (Å²) in [4.78, 5) is 0. The van der Waals surface area contributed by atoms with Gasteiger partial charge in [0, 0.05) is 0 Å². The normalized spacial score (nSPS) is 39.2. The van der Waals surface area contributed by atoms with Crippen LogP contribution in [0.25, 0.3) is 0 Å². The Morgan fingerprint density at radius 3 is 2.08 bits per heavy atom. The molecule has 0 bridgehead atoms. The molecule has 2 saturated carbocycles. The van der Waals surface area contributed by atoms with Crippen molar-refractivity contribution in [2.75, 3.05) is 0 Å². The van der Waals surface area contributed by atoms with E-state index in [1.54, 1.807) is 25.7 Å². The molecule has 2 aliphatic carbocycles. The van der Waals surface area contributed by atoms with Crippen LogP contribution >= 0.6 is 0 Å². The van der Waals surface area contributed by atoms with Gasteiger partial charge in [0.05, 0.1) is 0 Å². The van der Waals surface area contributed by atoms with Gasteiger partial charge in [-0.3, -0.25) is 0 Å². The predicted octanol–water partition coefficient (Wildman–Crippen LogP) is 4.25. The summed E-state index contributed by atoms with van der Waals surface area (Å²) in [5.41, 5.74) is 0.878. The van der Waals surface area contributed by atoms with Crippen LogP contribution in [-0.2, 0) is 0 Å². The second-order valence-corrected chi connectivity index (χ2v) is 5.90. The van der Waals surface area contributed by atoms with Crippen molar-refractivity contribution < 1.29 is 0 Å². The molecule has 0 amide bonds. The molecule has 0 heteroatoms. The Balaban J connectivity index is 1.73. The van der Waals surface area contributed by atoms with Crippen LogP contribution in [0.2, 0.25) is 0 Å². The van der Waals surface area contributed by atoms with E-state index in [0.29, 0.717) is 0 Å². The largest absolute Gasteiger partial charge is 0.0625 e. The third-order valence-corrected chi connectivity index (χ3v) is 5.08. The van der Waals surface area contributed by atoms with E-state index < -0.39 is 0 Å². The first-order chi connectivity index (χ1) is 6.14. The van der Waals surface area contributed by atoms with E-state index >= 15 is 0 Å². The van der Waals surface area contributed by atoms with Crippen LogP contribution in [0.15, 0.2) is 0 Å². The zero-order valence-electron chi connectivity index (χ0n) is 9.47. The van der Waals surface area contributed by atoms with Crippen molar-refractivity contribution in [3.8, 4) is 0 Å². The summed E-state index contributed by atoms with van der Waals surface area (Å²) in [6.07, 6.45) is 9.24. The van der Waals surface area contributed by atoms with Gasteiger partial charge < -0.3 is 0 Å². The van der Waals surface area contributed by atoms with Gasteiger partial charge in [-0.2, -0.15) is 0 Å². The summed E-state index contributed by atoms with van der Waals surface area (Å²) in [7, 11) is 0. The van der Waals surface area contributed by atoms with Crippen LogP contribution < -0.4 is 0 Å². The van der Waals surface area contributed by atoms with Gasteiger partial charge in [-0.25, -0.2) is 0 Å². The zero-order valence-corrected chi connectivity index (χ0v) is 9.47. The van der Waals surface area contributed by atoms with Gasteiger partial charge in [-0.1, -0.05) is 20.8 Å². The highest BCUT2D eigenvalue weighted by molar-refractivity contribution is 5.03. The van der Waals surface area contributed by atoms with E-state index in [-0.39, 0.29) is 0 Å². The minimum Gasteiger partial charge on any atom is -0.0625 e. The van der Waals surface area contributed by atoms with Gasteiger partial charge in [0.1, 0.15) is 0 Å². The molecule has 2 rings (SSSR count). The van der Waals surface area contributed by atoms with Crippen LogP contribution in [0, 0.1) is 23.2 Å². The Kier molecular flexibility index (Phi) is 2.42. The topological polar surface area (TPSA) is 0 Å². The second-order valence-electron chi connectivity index (χ2n) is 5.90. The Labute approximate surface area is 83.1 Å². The summed E-state index contributed by atoms with van der Waals surface area (Å²) in [5, 5.41) is 0. The molecule has 0 aromatic carbocycles. The fraction of sp³-hybridized carbons (Fsp3) is 1.00. The quantitative estimate of drug-likeness (QED) is 0.606. The van der Waals surface area contributed by atoms with Crippen LogP contribution in [0.4, 0.5) is 0 Å². The van der Waals surface area contributed by atoms with Gasteiger partial charge in [-0.05, 0) is 61.7 Å². The third kappa shape index (κ3) is 1.53. The SMILES string of the molecule is CC(C)C(C)CCC12CCC1CC2. The molecular formula is C13H24. The molecule has 2 fully saturated rings. The van der Waals surface area contributed by atoms with Crippen molar-refractivity contribution in [2.45, 2.75) is 59.3 Å². The molecule has 0 spiro atoms. The van der Waals surface area contributed by atoms with Crippen molar-refractivity contribution in [1.29, 1.82) is 0 Å². The minimum absolute atomic E-state index is 0.878. The number of fused-ring (bicyclic) bond motifs is 1. The van der Waals surface area contributed by atoms with Crippen LogP contribution in [0.1, 0.15) is 59.3 Å². The smallest absolute Gasteiger partial charge is 0.0269 e. The van der Waals surface area contributed by atoms with E-state index in [4.69, 9.17) is 0 Å². The fourth-order valence-electron chi connectivity index (χ4n) is 3.09. The molecule has 76 valence electrons. The van der Waals surface area contributed by atoms with E-state index in [1.165, 1.54) is 12.8 Å². The monoisotopic (exact) mass is 180 g/mol. The van der Waals surface area contributed by atoms with Crippen molar-refractivity contribution >= 4 is 0 Å². The molecule has 0 nitrogen and oxygen atoms in total. The molecule has 0 radical (unpaired) electrons. The van der Waals surface area contributed by atoms with Crippen molar-refractivity contribution in [1.82, 2.24) is 0 Å². The molecule has 1 atom stereocenters. The van der Waals surface area contributed by atoms with Gasteiger partial charge >= 0.3 is 0 Å². The van der Waals surface area contributed by atoms with Gasteiger partial charge in [0.2, 0.25) is 0 Å². The first-order valence-electron chi connectivity index (χ1n) is 6.14. The molecule has 1 unspecified atom stereocenters. The Morgan fingerprint density at radius 2 is 1.77 bits per heavy atom. The van der Waals surface area contributed by atoms with Crippen LogP contribution in [-0.4, -0.2) is 0 Å². The lowest BCUT2D eigenvalue weighted by molar-refractivity contribution is -0.0854. The zero-order chi connectivity index (χ0) is 9.47. The van der Waals surface area contributed by atoms with Crippen molar-refractivity contribution in [3.63, 3.8) is 0 Å². The van der Waals surface area contributed by atoms with Gasteiger partial charge in [-0.15, -0.1) is 0 Å². The van der Waals surface area contributed by atoms with Gasteiger partial charge in [0.15, 0.2) is 0 Å². The highest BCUT2D eigenvalue weighted by atomic mass is 14.6. The molecule has 0 aromatic rings. The molecule has 0 N–H and O–H groups in total. The van der Waals surface area contributed by atoms with E-state index in [1.807, 2.05) is 0 Å². The lowest BCUT2D eigenvalue weighted by Crippen LogP contribution is -2.48. The summed E-state index contributed by atoms with van der Waals surface area (Å²) in [6, 6.07) is 0. The number of hydrogen-bond donors (Lipinski definition) is 0. The summed E-state index contributed by atoms with van der Waals surface area (Å²) < 4.78 is 0. The Morgan fingerprint density at radius 1 is 1.15 bits per heavy atom. The molecule has 13 heavy (non-hydrogen) atoms. The first-order valence-corrected chi connectivity index (χ1v) is 6.14. The van der Waals surface area contributed by atoms with Crippen LogP contribution in [0.3, 0.4) is 0 Å². The second kappa shape index (κ2) is 3.29. The molecule has 0 saturated heterocycles. The average Bonchev–Trinajstić information content (AvgIpc) is 2.08. The summed E-state index contributed by atoms with van der Waals surface area (Å²) in [5.74, 6) is 2.98. The van der Waals surface area contributed by atoms with Gasteiger partial charge in [0.25, 0.3) is 0 Å². The fourth-order valence-corrected chi connectivity index (χ4v) is 3.09. The summed E-state index contributed by atoms with van der Waals surface area (Å²) in [6.45, 7) is 7.15. The Hall–Kier alpha value is 0. The van der Waals surface area contributed by atoms with E-state index in [2.05, 4.69) is 20.8 Å². The highest BCUT2D eigenvalue weighted by Gasteiger charge is 2.52. The maximum absolute atomic E-state index is 2.42. The molecule has 0 heterocycles. The van der Waals surface area contributed by atoms with Crippen molar-refractivity contribution in [3.05, 3.63) is 0 Å². The Bertz CT molecular complexity index is 172. The van der Waals surface area contributed by atoms with E-state index in [9.17, 15) is 0 Å². The number of hydrogen-bond acceptors (Lipinski definition) is 0. The third-order valence-electron chi connectivity index (χ3n) is 5.08. The molecule has 0 aliphatic heterocycles. The molecule has 2 aliphatic rings. The average molecular weight is 180 g/mol. The maximum atomic E-state index is 2.42. The minimum atomic E-state index is 0.878. The maximum Gasteiger partial charge on any atom is -0.0269 e. The number of rotatable bonds is 4. The van der Waals surface area contributed by atoms with Crippen LogP contribution in [0.5, 0.6) is 0 Å². The molecular weight excluding hydrogens is 156 g/mol. The highest BCUT2D eigenvalue weighted by Crippen LogP contribution is 2.63. The van der Waals surface area contributed by atoms with E-state index in [0.717, 1.165) is 23.2 Å². The standard InChI is InChI=1S/C13H24/c1-10(2)11(3)4-7-13-8-5-12(13)6-9-13/h10-12H,4-9H2,1-3H3. The first kappa shape index (κ1) is 9.55. The lowest BCUT2D eigenvalue weighted by Gasteiger charge is -2.59. The predicted molar refractivity (Wildman–Crippen MR) is 57.6 cm³/mol. The van der Waals surface area contributed by atoms with Crippen molar-refractivity contribution in [2.24, 2.45) is 23.2 Å². The summed E-state index contributed by atoms with van der Waals surface area (Å²) >= 11 is 0.